The van der Waals surface area contributed by atoms with Crippen LogP contribution in [0.5, 0.6) is 11.8 Å². The van der Waals surface area contributed by atoms with Crippen molar-refractivity contribution in [3.8, 4) is 11.8 Å². The van der Waals surface area contributed by atoms with Gasteiger partial charge in [0.15, 0.2) is 9.84 Å². The van der Waals surface area contributed by atoms with Crippen LogP contribution in [-0.2, 0) is 22.0 Å². The van der Waals surface area contributed by atoms with Crippen LogP contribution in [0.1, 0.15) is 43.2 Å². The van der Waals surface area contributed by atoms with Gasteiger partial charge >= 0.3 is 6.01 Å². The molecule has 2 aromatic carbocycles. The highest BCUT2D eigenvalue weighted by Gasteiger charge is 2.28. The fourth-order valence-electron chi connectivity index (χ4n) is 2.74. The Balaban J connectivity index is 1.80. The number of ether oxygens (including phenoxy) is 1. The first-order chi connectivity index (χ1) is 13.6. The summed E-state index contributed by atoms with van der Waals surface area (Å²) < 4.78 is 30.0. The van der Waals surface area contributed by atoms with Gasteiger partial charge in [-0.05, 0) is 56.5 Å². The lowest BCUT2D eigenvalue weighted by molar-refractivity contribution is 0.439. The highest BCUT2D eigenvalue weighted by molar-refractivity contribution is 7.91. The predicted molar refractivity (Wildman–Crippen MR) is 115 cm³/mol. The normalized spacial score (nSPS) is 12.0. The monoisotopic (exact) mass is 410 g/mol. The SMILES string of the molecule is Cc1cnc(Oc2ccccc2)nc1Cc1cccc(CS(=O)(=O)C(C)(C)C)c1. The summed E-state index contributed by atoms with van der Waals surface area (Å²) in [4.78, 5) is 8.81. The molecule has 6 heteroatoms. The second-order valence-electron chi connectivity index (χ2n) is 8.07. The zero-order chi connectivity index (χ0) is 21.1. The second kappa shape index (κ2) is 8.33. The standard InChI is InChI=1S/C23H26N2O3S/c1-17-15-24-22(28-20-11-6-5-7-12-20)25-21(17)14-18-9-8-10-19(13-18)16-29(26,27)23(2,3)4/h5-13,15H,14,16H2,1-4H3. The minimum Gasteiger partial charge on any atom is -0.424 e. The van der Waals surface area contributed by atoms with Crippen molar-refractivity contribution in [1.29, 1.82) is 0 Å². The summed E-state index contributed by atoms with van der Waals surface area (Å²) in [7, 11) is -3.24. The Labute approximate surface area is 172 Å². The maximum atomic E-state index is 12.5. The molecule has 0 N–H and O–H groups in total. The first-order valence-corrected chi connectivity index (χ1v) is 11.1. The molecule has 0 radical (unpaired) electrons. The second-order valence-corrected chi connectivity index (χ2v) is 10.8. The van der Waals surface area contributed by atoms with Gasteiger partial charge in [0, 0.05) is 12.6 Å². The maximum absolute atomic E-state index is 12.5. The first-order valence-electron chi connectivity index (χ1n) is 9.49. The van der Waals surface area contributed by atoms with Crippen LogP contribution in [0.4, 0.5) is 0 Å². The van der Waals surface area contributed by atoms with E-state index in [-0.39, 0.29) is 5.75 Å². The molecule has 1 aromatic heterocycles. The van der Waals surface area contributed by atoms with E-state index in [4.69, 9.17) is 4.74 Å². The van der Waals surface area contributed by atoms with Crippen LogP contribution in [0, 0.1) is 6.92 Å². The van der Waals surface area contributed by atoms with Gasteiger partial charge < -0.3 is 4.74 Å². The van der Waals surface area contributed by atoms with Crippen molar-refractivity contribution in [2.45, 2.75) is 44.6 Å². The Bertz CT molecular complexity index is 1090. The van der Waals surface area contributed by atoms with Crippen LogP contribution in [0.3, 0.4) is 0 Å². The zero-order valence-electron chi connectivity index (χ0n) is 17.2. The van der Waals surface area contributed by atoms with Gasteiger partial charge in [0.25, 0.3) is 0 Å². The highest BCUT2D eigenvalue weighted by Crippen LogP contribution is 2.23. The van der Waals surface area contributed by atoms with E-state index in [1.54, 1.807) is 27.0 Å². The van der Waals surface area contributed by atoms with Crippen LogP contribution in [0.15, 0.2) is 60.8 Å². The summed E-state index contributed by atoms with van der Waals surface area (Å²) in [5.41, 5.74) is 3.59. The number of rotatable bonds is 6. The Morgan fingerprint density at radius 1 is 0.966 bits per heavy atom. The molecular weight excluding hydrogens is 384 g/mol. The van der Waals surface area contributed by atoms with Crippen molar-refractivity contribution < 1.29 is 13.2 Å². The van der Waals surface area contributed by atoms with Gasteiger partial charge in [-0.3, -0.25) is 0 Å². The molecule has 0 aliphatic rings. The van der Waals surface area contributed by atoms with Gasteiger partial charge in [-0.25, -0.2) is 13.4 Å². The van der Waals surface area contributed by atoms with Crippen molar-refractivity contribution in [3.63, 3.8) is 0 Å². The van der Waals surface area contributed by atoms with E-state index in [0.717, 1.165) is 22.4 Å². The molecule has 0 atom stereocenters. The van der Waals surface area contributed by atoms with Crippen molar-refractivity contribution in [1.82, 2.24) is 9.97 Å². The van der Waals surface area contributed by atoms with Crippen LogP contribution in [0.25, 0.3) is 0 Å². The average Bonchev–Trinajstić information content (AvgIpc) is 2.64. The molecule has 0 amide bonds. The Hall–Kier alpha value is -2.73. The molecule has 1 heterocycles. The van der Waals surface area contributed by atoms with E-state index >= 15 is 0 Å². The molecule has 29 heavy (non-hydrogen) atoms. The van der Waals surface area contributed by atoms with Gasteiger partial charge in [0.2, 0.25) is 0 Å². The van der Waals surface area contributed by atoms with Gasteiger partial charge in [-0.2, -0.15) is 4.98 Å². The van der Waals surface area contributed by atoms with Crippen molar-refractivity contribution in [2.75, 3.05) is 0 Å². The number of aryl methyl sites for hydroxylation is 1. The first kappa shape index (κ1) is 21.0. The van der Waals surface area contributed by atoms with Crippen LogP contribution in [-0.4, -0.2) is 23.1 Å². The molecule has 0 spiro atoms. The average molecular weight is 411 g/mol. The number of nitrogens with zero attached hydrogens (tertiary/aromatic N) is 2. The summed E-state index contributed by atoms with van der Waals surface area (Å²) >= 11 is 0. The maximum Gasteiger partial charge on any atom is 0.322 e. The Morgan fingerprint density at radius 3 is 2.34 bits per heavy atom. The molecule has 0 aliphatic carbocycles. The lowest BCUT2D eigenvalue weighted by Gasteiger charge is -2.19. The molecule has 0 fully saturated rings. The van der Waals surface area contributed by atoms with E-state index in [1.165, 1.54) is 0 Å². The van der Waals surface area contributed by atoms with Crippen molar-refractivity contribution >= 4 is 9.84 Å². The minimum absolute atomic E-state index is 0.0233. The molecular formula is C23H26N2O3S. The van der Waals surface area contributed by atoms with Crippen LogP contribution in [0.2, 0.25) is 0 Å². The number of aromatic nitrogens is 2. The van der Waals surface area contributed by atoms with Crippen LogP contribution >= 0.6 is 0 Å². The molecule has 152 valence electrons. The summed E-state index contributed by atoms with van der Waals surface area (Å²) in [6.45, 7) is 7.13. The number of sulfone groups is 1. The fourth-order valence-corrected chi connectivity index (χ4v) is 3.79. The molecule has 0 bridgehead atoms. The van der Waals surface area contributed by atoms with E-state index in [0.29, 0.717) is 18.2 Å². The highest BCUT2D eigenvalue weighted by atomic mass is 32.2. The van der Waals surface area contributed by atoms with Gasteiger partial charge in [0.1, 0.15) is 5.75 Å². The third-order valence-corrected chi connectivity index (χ3v) is 7.24. The Kier molecular flexibility index (Phi) is 6.03. The third kappa shape index (κ3) is 5.41. The fraction of sp³-hybridized carbons (Fsp3) is 0.304. The predicted octanol–water partition coefficient (Wildman–Crippen LogP) is 4.88. The summed E-state index contributed by atoms with van der Waals surface area (Å²) in [6.07, 6.45) is 2.32. The van der Waals surface area contributed by atoms with E-state index in [9.17, 15) is 8.42 Å². The molecule has 0 saturated heterocycles. The smallest absolute Gasteiger partial charge is 0.322 e. The quantitative estimate of drug-likeness (QED) is 0.579. The lowest BCUT2D eigenvalue weighted by Crippen LogP contribution is -2.29. The van der Waals surface area contributed by atoms with E-state index in [1.807, 2.05) is 61.5 Å². The molecule has 0 saturated carbocycles. The molecule has 3 rings (SSSR count). The van der Waals surface area contributed by atoms with Gasteiger partial charge in [-0.1, -0.05) is 42.5 Å². The number of hydrogen-bond acceptors (Lipinski definition) is 5. The minimum atomic E-state index is -3.24. The summed E-state index contributed by atoms with van der Waals surface area (Å²) in [5.74, 6) is 0.701. The largest absolute Gasteiger partial charge is 0.424 e. The molecule has 0 aliphatic heterocycles. The number of hydrogen-bond donors (Lipinski definition) is 0. The summed E-state index contributed by atoms with van der Waals surface area (Å²) in [5, 5.41) is 0. The van der Waals surface area contributed by atoms with Crippen LogP contribution < -0.4 is 4.74 Å². The lowest BCUT2D eigenvalue weighted by atomic mass is 10.0. The number of para-hydroxylation sites is 1. The molecule has 5 nitrogen and oxygen atoms in total. The molecule has 3 aromatic rings. The van der Waals surface area contributed by atoms with E-state index in [2.05, 4.69) is 9.97 Å². The van der Waals surface area contributed by atoms with Gasteiger partial charge in [0.05, 0.1) is 16.2 Å². The third-order valence-electron chi connectivity index (χ3n) is 4.66. The molecule has 0 unspecified atom stereocenters. The van der Waals surface area contributed by atoms with Crippen molar-refractivity contribution in [3.05, 3.63) is 83.2 Å². The van der Waals surface area contributed by atoms with Crippen molar-refractivity contribution in [2.24, 2.45) is 0 Å². The van der Waals surface area contributed by atoms with E-state index < -0.39 is 14.6 Å². The topological polar surface area (TPSA) is 69.2 Å². The number of benzene rings is 2. The Morgan fingerprint density at radius 2 is 1.66 bits per heavy atom. The summed E-state index contributed by atoms with van der Waals surface area (Å²) in [6, 6.07) is 17.3. The van der Waals surface area contributed by atoms with Gasteiger partial charge in [-0.15, -0.1) is 0 Å². The zero-order valence-corrected chi connectivity index (χ0v) is 18.0.